The molecule has 0 amide bonds. The average Bonchev–Trinajstić information content (AvgIpc) is 2.19. The summed E-state index contributed by atoms with van der Waals surface area (Å²) < 4.78 is 0. The van der Waals surface area contributed by atoms with Crippen molar-refractivity contribution < 1.29 is 0 Å². The van der Waals surface area contributed by atoms with Gasteiger partial charge in [0.05, 0.1) is 11.4 Å². The van der Waals surface area contributed by atoms with E-state index in [1.54, 1.807) is 6.20 Å². The summed E-state index contributed by atoms with van der Waals surface area (Å²) in [6.45, 7) is 0. The van der Waals surface area contributed by atoms with Crippen molar-refractivity contribution in [3.8, 4) is 0 Å². The third-order valence-electron chi connectivity index (χ3n) is 2.13. The van der Waals surface area contributed by atoms with Gasteiger partial charge in [-0.2, -0.15) is 0 Å². The van der Waals surface area contributed by atoms with Crippen LogP contribution in [0.1, 0.15) is 0 Å². The number of nitrogens with two attached hydrogens (primary N) is 1. The Kier molecular flexibility index (Phi) is 1.77. The monoisotopic (exact) mass is 173 g/mol. The highest BCUT2D eigenvalue weighted by atomic mass is 14.8. The second-order valence-electron chi connectivity index (χ2n) is 2.87. The van der Waals surface area contributed by atoms with E-state index in [-0.39, 0.29) is 0 Å². The van der Waals surface area contributed by atoms with Gasteiger partial charge in [-0.05, 0) is 12.1 Å². The molecule has 13 heavy (non-hydrogen) atoms. The molecular weight excluding hydrogens is 162 g/mol. The predicted molar refractivity (Wildman–Crippen MR) is 55.7 cm³/mol. The molecule has 0 radical (unpaired) electrons. The number of hydrogen-bond donors (Lipinski definition) is 2. The van der Waals surface area contributed by atoms with Crippen LogP contribution in [0.4, 0.5) is 11.4 Å². The normalized spacial score (nSPS) is 10.2. The van der Waals surface area contributed by atoms with Crippen LogP contribution in [0.15, 0.2) is 30.6 Å². The number of aromatic nitrogens is 1. The first-order valence-corrected chi connectivity index (χ1v) is 4.13. The van der Waals surface area contributed by atoms with Crippen molar-refractivity contribution in [1.29, 1.82) is 0 Å². The van der Waals surface area contributed by atoms with E-state index in [0.717, 1.165) is 22.1 Å². The number of anilines is 2. The number of benzene rings is 1. The first kappa shape index (κ1) is 7.86. The number of hydrogen-bond acceptors (Lipinski definition) is 3. The quantitative estimate of drug-likeness (QED) is 0.647. The first-order chi connectivity index (χ1) is 6.33. The molecule has 1 aromatic heterocycles. The molecule has 0 fully saturated rings. The SMILES string of the molecule is CNc1ccc2cnccc2c1N. The molecule has 0 spiro atoms. The lowest BCUT2D eigenvalue weighted by atomic mass is 10.1. The molecule has 0 saturated carbocycles. The van der Waals surface area contributed by atoms with Crippen LogP contribution in [-0.2, 0) is 0 Å². The van der Waals surface area contributed by atoms with Gasteiger partial charge in [-0.15, -0.1) is 0 Å². The van der Waals surface area contributed by atoms with Gasteiger partial charge >= 0.3 is 0 Å². The van der Waals surface area contributed by atoms with Gasteiger partial charge in [0.1, 0.15) is 0 Å². The predicted octanol–water partition coefficient (Wildman–Crippen LogP) is 1.86. The van der Waals surface area contributed by atoms with Gasteiger partial charge in [0, 0.05) is 30.2 Å². The Hall–Kier alpha value is -1.77. The first-order valence-electron chi connectivity index (χ1n) is 4.13. The highest BCUT2D eigenvalue weighted by Gasteiger charge is 2.01. The van der Waals surface area contributed by atoms with Crippen LogP contribution < -0.4 is 11.1 Å². The number of nitrogen functional groups attached to an aromatic ring is 1. The number of nitrogens with zero attached hydrogens (tertiary/aromatic N) is 1. The van der Waals surface area contributed by atoms with E-state index in [9.17, 15) is 0 Å². The van der Waals surface area contributed by atoms with Crippen LogP contribution in [0.5, 0.6) is 0 Å². The Bertz CT molecular complexity index is 437. The average molecular weight is 173 g/mol. The van der Waals surface area contributed by atoms with Gasteiger partial charge in [0.15, 0.2) is 0 Å². The lowest BCUT2D eigenvalue weighted by molar-refractivity contribution is 1.36. The minimum Gasteiger partial charge on any atom is -0.397 e. The zero-order chi connectivity index (χ0) is 9.26. The van der Waals surface area contributed by atoms with Gasteiger partial charge in [0.2, 0.25) is 0 Å². The van der Waals surface area contributed by atoms with Crippen LogP contribution in [-0.4, -0.2) is 12.0 Å². The van der Waals surface area contributed by atoms with Crippen LogP contribution in [0, 0.1) is 0 Å². The molecule has 2 rings (SSSR count). The summed E-state index contributed by atoms with van der Waals surface area (Å²) in [5, 5.41) is 5.15. The van der Waals surface area contributed by atoms with Crippen LogP contribution in [0.3, 0.4) is 0 Å². The Balaban J connectivity index is 2.79. The van der Waals surface area contributed by atoms with E-state index in [4.69, 9.17) is 5.73 Å². The van der Waals surface area contributed by atoms with Crippen molar-refractivity contribution in [2.75, 3.05) is 18.1 Å². The molecule has 0 aliphatic carbocycles. The number of pyridine rings is 1. The van der Waals surface area contributed by atoms with Crippen molar-refractivity contribution in [2.45, 2.75) is 0 Å². The highest BCUT2D eigenvalue weighted by Crippen LogP contribution is 2.27. The molecule has 3 N–H and O–H groups in total. The lowest BCUT2D eigenvalue weighted by Gasteiger charge is -2.07. The Morgan fingerprint density at radius 3 is 2.92 bits per heavy atom. The zero-order valence-corrected chi connectivity index (χ0v) is 7.41. The fourth-order valence-corrected chi connectivity index (χ4v) is 1.41. The summed E-state index contributed by atoms with van der Waals surface area (Å²) in [4.78, 5) is 4.03. The third-order valence-corrected chi connectivity index (χ3v) is 2.13. The minimum atomic E-state index is 0.780. The molecule has 0 aliphatic rings. The van der Waals surface area contributed by atoms with E-state index in [0.29, 0.717) is 0 Å². The molecule has 0 bridgehead atoms. The van der Waals surface area contributed by atoms with E-state index in [2.05, 4.69) is 10.3 Å². The van der Waals surface area contributed by atoms with Crippen molar-refractivity contribution in [2.24, 2.45) is 0 Å². The largest absolute Gasteiger partial charge is 0.397 e. The molecule has 0 unspecified atom stereocenters. The zero-order valence-electron chi connectivity index (χ0n) is 7.41. The molecular formula is C10H11N3. The van der Waals surface area contributed by atoms with Gasteiger partial charge < -0.3 is 11.1 Å². The Morgan fingerprint density at radius 2 is 2.15 bits per heavy atom. The topological polar surface area (TPSA) is 50.9 Å². The standard InChI is InChI=1S/C10H11N3/c1-12-9-3-2-7-6-13-5-4-8(7)10(9)11/h2-6,12H,11H2,1H3. The van der Waals surface area contributed by atoms with Crippen molar-refractivity contribution in [1.82, 2.24) is 4.98 Å². The van der Waals surface area contributed by atoms with Gasteiger partial charge in [0.25, 0.3) is 0 Å². The molecule has 0 atom stereocenters. The minimum absolute atomic E-state index is 0.780. The smallest absolute Gasteiger partial charge is 0.0630 e. The molecule has 1 aromatic carbocycles. The van der Waals surface area contributed by atoms with E-state index < -0.39 is 0 Å². The molecule has 1 heterocycles. The molecule has 3 heteroatoms. The van der Waals surface area contributed by atoms with Gasteiger partial charge in [-0.3, -0.25) is 4.98 Å². The Morgan fingerprint density at radius 1 is 1.31 bits per heavy atom. The summed E-state index contributed by atoms with van der Waals surface area (Å²) >= 11 is 0. The fourth-order valence-electron chi connectivity index (χ4n) is 1.41. The number of fused-ring (bicyclic) bond motifs is 1. The fraction of sp³-hybridized carbons (Fsp3) is 0.100. The van der Waals surface area contributed by atoms with Gasteiger partial charge in [-0.1, -0.05) is 6.07 Å². The summed E-state index contributed by atoms with van der Waals surface area (Å²) in [5.74, 6) is 0. The van der Waals surface area contributed by atoms with Crippen LogP contribution >= 0.6 is 0 Å². The van der Waals surface area contributed by atoms with Crippen molar-refractivity contribution in [3.05, 3.63) is 30.6 Å². The molecule has 3 nitrogen and oxygen atoms in total. The van der Waals surface area contributed by atoms with E-state index >= 15 is 0 Å². The number of nitrogens with one attached hydrogen (secondary N) is 1. The third kappa shape index (κ3) is 1.18. The molecule has 0 saturated heterocycles. The summed E-state index contributed by atoms with van der Waals surface area (Å²) in [6, 6.07) is 5.88. The lowest BCUT2D eigenvalue weighted by Crippen LogP contribution is -1.96. The second kappa shape index (κ2) is 2.94. The van der Waals surface area contributed by atoms with Crippen molar-refractivity contribution in [3.63, 3.8) is 0 Å². The van der Waals surface area contributed by atoms with E-state index in [1.165, 1.54) is 0 Å². The Labute approximate surface area is 76.6 Å². The summed E-state index contributed by atoms with van der Waals surface area (Å²) in [7, 11) is 1.86. The van der Waals surface area contributed by atoms with E-state index in [1.807, 2.05) is 31.4 Å². The molecule has 0 aliphatic heterocycles. The number of rotatable bonds is 1. The molecule has 66 valence electrons. The van der Waals surface area contributed by atoms with Crippen LogP contribution in [0.2, 0.25) is 0 Å². The summed E-state index contributed by atoms with van der Waals surface area (Å²) in [6.07, 6.45) is 3.56. The highest BCUT2D eigenvalue weighted by molar-refractivity contribution is 5.98. The van der Waals surface area contributed by atoms with Gasteiger partial charge in [-0.25, -0.2) is 0 Å². The summed E-state index contributed by atoms with van der Waals surface area (Å²) in [5.41, 5.74) is 7.68. The second-order valence-corrected chi connectivity index (χ2v) is 2.87. The maximum atomic E-state index is 5.94. The maximum Gasteiger partial charge on any atom is 0.0630 e. The molecule has 2 aromatic rings. The van der Waals surface area contributed by atoms with Crippen molar-refractivity contribution >= 4 is 22.1 Å². The maximum absolute atomic E-state index is 5.94. The van der Waals surface area contributed by atoms with Crippen LogP contribution in [0.25, 0.3) is 10.8 Å².